The Morgan fingerprint density at radius 1 is 1.62 bits per heavy atom. The van der Waals surface area contributed by atoms with Crippen LogP contribution in [0, 0.1) is 0 Å². The quantitative estimate of drug-likeness (QED) is 0.600. The van der Waals surface area contributed by atoms with Crippen LogP contribution in [0.3, 0.4) is 0 Å². The summed E-state index contributed by atoms with van der Waals surface area (Å²) in [5, 5.41) is 8.97. The van der Waals surface area contributed by atoms with Crippen LogP contribution in [0.4, 0.5) is 0 Å². The van der Waals surface area contributed by atoms with Gasteiger partial charge < -0.3 is 14.6 Å². The fraction of sp³-hybridized carbons (Fsp3) is 0.273. The zero-order valence-corrected chi connectivity index (χ0v) is 8.60. The second-order valence-corrected chi connectivity index (χ2v) is 3.56. The molecule has 0 fully saturated rings. The van der Waals surface area contributed by atoms with Crippen molar-refractivity contribution in [2.24, 2.45) is 0 Å². The van der Waals surface area contributed by atoms with Crippen LogP contribution < -0.4 is 9.47 Å². The maximum absolute atomic E-state index is 11.0. The van der Waals surface area contributed by atoms with Gasteiger partial charge in [0, 0.05) is 12.0 Å². The zero-order valence-electron chi connectivity index (χ0n) is 8.60. The van der Waals surface area contributed by atoms with Gasteiger partial charge in [0.25, 0.3) is 5.60 Å². The average Bonchev–Trinajstić information content (AvgIpc) is 2.67. The molecule has 84 valence electrons. The van der Waals surface area contributed by atoms with Crippen molar-refractivity contribution >= 4 is 12.3 Å². The van der Waals surface area contributed by atoms with Gasteiger partial charge in [-0.25, -0.2) is 4.79 Å². The third-order valence-electron chi connectivity index (χ3n) is 2.57. The first-order valence-electron chi connectivity index (χ1n) is 4.67. The number of carboxylic acids is 1. The molecule has 16 heavy (non-hydrogen) atoms. The maximum Gasteiger partial charge on any atom is 0.356 e. The van der Waals surface area contributed by atoms with Crippen molar-refractivity contribution in [2.75, 3.05) is 7.11 Å². The summed E-state index contributed by atoms with van der Waals surface area (Å²) < 4.78 is 10.2. The summed E-state index contributed by atoms with van der Waals surface area (Å²) in [6.07, 6.45) is 0.347. The number of hydrogen-bond donors (Lipinski definition) is 1. The number of carboxylic acid groups (broad SMARTS) is 1. The van der Waals surface area contributed by atoms with Crippen molar-refractivity contribution in [2.45, 2.75) is 12.0 Å². The van der Waals surface area contributed by atoms with E-state index >= 15 is 0 Å². The molecular formula is C11H10O5. The van der Waals surface area contributed by atoms with Gasteiger partial charge in [-0.3, -0.25) is 4.79 Å². The predicted molar refractivity (Wildman–Crippen MR) is 53.8 cm³/mol. The van der Waals surface area contributed by atoms with Crippen LogP contribution in [0.1, 0.15) is 5.56 Å². The average molecular weight is 222 g/mol. The van der Waals surface area contributed by atoms with Gasteiger partial charge in [0.05, 0.1) is 7.11 Å². The van der Waals surface area contributed by atoms with Crippen molar-refractivity contribution < 1.29 is 24.2 Å². The molecule has 0 saturated heterocycles. The van der Waals surface area contributed by atoms with E-state index < -0.39 is 11.6 Å². The minimum atomic E-state index is -1.78. The number of aliphatic carboxylic acids is 1. The molecular weight excluding hydrogens is 212 g/mol. The lowest BCUT2D eigenvalue weighted by molar-refractivity contribution is -0.155. The highest BCUT2D eigenvalue weighted by molar-refractivity contribution is 5.97. The van der Waals surface area contributed by atoms with Crippen molar-refractivity contribution in [1.29, 1.82) is 0 Å². The third-order valence-corrected chi connectivity index (χ3v) is 2.57. The van der Waals surface area contributed by atoms with Gasteiger partial charge in [-0.2, -0.15) is 0 Å². The number of methoxy groups -OCH3 is 1. The molecule has 0 saturated carbocycles. The van der Waals surface area contributed by atoms with E-state index in [0.29, 0.717) is 23.3 Å². The summed E-state index contributed by atoms with van der Waals surface area (Å²) in [5.74, 6) is -0.262. The van der Waals surface area contributed by atoms with Crippen molar-refractivity contribution in [1.82, 2.24) is 0 Å². The number of fused-ring (bicyclic) bond motifs is 1. The van der Waals surface area contributed by atoms with E-state index in [0.717, 1.165) is 0 Å². The molecule has 0 spiro atoms. The number of carbonyl (C=O) groups excluding carboxylic acids is 1. The molecule has 0 radical (unpaired) electrons. The highest BCUT2D eigenvalue weighted by Gasteiger charge is 2.46. The van der Waals surface area contributed by atoms with E-state index in [1.54, 1.807) is 18.2 Å². The first kappa shape index (κ1) is 10.5. The SMILES string of the molecule is COc1ccc2c(c1)CC(C=O)(C(=O)O)O2. The fourth-order valence-corrected chi connectivity index (χ4v) is 1.67. The van der Waals surface area contributed by atoms with Crippen LogP contribution in [0.25, 0.3) is 0 Å². The Kier molecular flexibility index (Phi) is 2.30. The van der Waals surface area contributed by atoms with Gasteiger partial charge in [-0.1, -0.05) is 0 Å². The molecule has 1 aromatic rings. The lowest BCUT2D eigenvalue weighted by atomic mass is 9.99. The van der Waals surface area contributed by atoms with Crippen LogP contribution in [-0.2, 0) is 16.0 Å². The van der Waals surface area contributed by atoms with Crippen LogP contribution in [0.15, 0.2) is 18.2 Å². The summed E-state index contributed by atoms with van der Waals surface area (Å²) in [6, 6.07) is 4.92. The van der Waals surface area contributed by atoms with Crippen LogP contribution in [0.2, 0.25) is 0 Å². The molecule has 0 aromatic heterocycles. The summed E-state index contributed by atoms with van der Waals surface area (Å²) in [6.45, 7) is 0. The summed E-state index contributed by atoms with van der Waals surface area (Å²) in [5.41, 5.74) is -1.12. The second-order valence-electron chi connectivity index (χ2n) is 3.56. The summed E-state index contributed by atoms with van der Waals surface area (Å²) in [7, 11) is 1.52. The molecule has 2 rings (SSSR count). The first-order chi connectivity index (χ1) is 7.61. The Hall–Kier alpha value is -2.04. The Balaban J connectivity index is 2.39. The topological polar surface area (TPSA) is 72.8 Å². The molecule has 1 atom stereocenters. The lowest BCUT2D eigenvalue weighted by Gasteiger charge is -2.15. The maximum atomic E-state index is 11.0. The van der Waals surface area contributed by atoms with E-state index in [9.17, 15) is 9.59 Å². The number of rotatable bonds is 3. The van der Waals surface area contributed by atoms with E-state index in [-0.39, 0.29) is 6.42 Å². The van der Waals surface area contributed by atoms with Gasteiger partial charge in [0.2, 0.25) is 0 Å². The Bertz CT molecular complexity index is 454. The molecule has 1 aliphatic heterocycles. The molecule has 5 heteroatoms. The molecule has 0 aliphatic carbocycles. The number of benzene rings is 1. The van der Waals surface area contributed by atoms with Gasteiger partial charge >= 0.3 is 5.97 Å². The summed E-state index contributed by atoms with van der Waals surface area (Å²) >= 11 is 0. The van der Waals surface area contributed by atoms with E-state index in [2.05, 4.69) is 0 Å². The predicted octanol–water partition coefficient (Wildman–Crippen LogP) is 0.652. The summed E-state index contributed by atoms with van der Waals surface area (Å²) in [4.78, 5) is 21.8. The second kappa shape index (κ2) is 3.52. The molecule has 1 aliphatic rings. The highest BCUT2D eigenvalue weighted by atomic mass is 16.5. The Labute approximate surface area is 91.6 Å². The molecule has 0 bridgehead atoms. The van der Waals surface area contributed by atoms with Crippen LogP contribution in [0.5, 0.6) is 11.5 Å². The van der Waals surface area contributed by atoms with Gasteiger partial charge in [-0.05, 0) is 18.2 Å². The lowest BCUT2D eigenvalue weighted by Crippen LogP contribution is -2.45. The van der Waals surface area contributed by atoms with E-state index in [1.807, 2.05) is 0 Å². The largest absolute Gasteiger partial charge is 0.497 e. The third kappa shape index (κ3) is 1.41. The highest BCUT2D eigenvalue weighted by Crippen LogP contribution is 2.36. The monoisotopic (exact) mass is 222 g/mol. The standard InChI is InChI=1S/C11H10O5/c1-15-8-2-3-9-7(4-8)5-11(6-12,16-9)10(13)14/h2-4,6H,5H2,1H3,(H,13,14). The molecule has 1 N–H and O–H groups in total. The number of carbonyl (C=O) groups is 2. The molecule has 1 heterocycles. The van der Waals surface area contributed by atoms with E-state index in [4.69, 9.17) is 14.6 Å². The van der Waals surface area contributed by atoms with Crippen molar-refractivity contribution in [3.63, 3.8) is 0 Å². The van der Waals surface area contributed by atoms with E-state index in [1.165, 1.54) is 7.11 Å². The molecule has 5 nitrogen and oxygen atoms in total. The van der Waals surface area contributed by atoms with Gasteiger partial charge in [0.1, 0.15) is 11.5 Å². The normalized spacial score (nSPS) is 22.1. The minimum Gasteiger partial charge on any atom is -0.497 e. The van der Waals surface area contributed by atoms with Crippen molar-refractivity contribution in [3.8, 4) is 11.5 Å². The minimum absolute atomic E-state index is 0.0262. The Morgan fingerprint density at radius 3 is 2.94 bits per heavy atom. The smallest absolute Gasteiger partial charge is 0.356 e. The number of hydrogen-bond acceptors (Lipinski definition) is 4. The van der Waals surface area contributed by atoms with Gasteiger partial charge in [-0.15, -0.1) is 0 Å². The molecule has 1 aromatic carbocycles. The Morgan fingerprint density at radius 2 is 2.38 bits per heavy atom. The molecule has 0 amide bonds. The van der Waals surface area contributed by atoms with Crippen LogP contribution in [-0.4, -0.2) is 30.1 Å². The molecule has 1 unspecified atom stereocenters. The van der Waals surface area contributed by atoms with Crippen molar-refractivity contribution in [3.05, 3.63) is 23.8 Å². The number of ether oxygens (including phenoxy) is 2. The van der Waals surface area contributed by atoms with Crippen LogP contribution >= 0.6 is 0 Å². The first-order valence-corrected chi connectivity index (χ1v) is 4.67. The van der Waals surface area contributed by atoms with Gasteiger partial charge in [0.15, 0.2) is 6.29 Å². The fourth-order valence-electron chi connectivity index (χ4n) is 1.67. The zero-order chi connectivity index (χ0) is 11.8. The number of aldehydes is 1.